The van der Waals surface area contributed by atoms with Crippen LogP contribution in [-0.4, -0.2) is 33.3 Å². The molecule has 0 atom stereocenters. The van der Waals surface area contributed by atoms with Gasteiger partial charge in [0.25, 0.3) is 0 Å². The fourth-order valence-electron chi connectivity index (χ4n) is 2.66. The number of carboxylic acid groups (broad SMARTS) is 1. The summed E-state index contributed by atoms with van der Waals surface area (Å²) >= 11 is 0. The molecular formula is C14H21N3O3. The minimum atomic E-state index is -0.737. The number of nitrogens with one attached hydrogen (secondary N) is 1. The van der Waals surface area contributed by atoms with Gasteiger partial charge in [-0.1, -0.05) is 0 Å². The lowest BCUT2D eigenvalue weighted by Crippen LogP contribution is -2.35. The van der Waals surface area contributed by atoms with Crippen molar-refractivity contribution in [1.82, 2.24) is 15.1 Å². The van der Waals surface area contributed by atoms with Crippen LogP contribution in [0.1, 0.15) is 31.4 Å². The lowest BCUT2D eigenvalue weighted by atomic mass is 9.81. The summed E-state index contributed by atoms with van der Waals surface area (Å²) in [5.74, 6) is -0.995. The Balaban J connectivity index is 1.69. The maximum absolute atomic E-state index is 12.0. The average molecular weight is 279 g/mol. The zero-order valence-electron chi connectivity index (χ0n) is 11.7. The number of amides is 1. The second kappa shape index (κ2) is 6.54. The van der Waals surface area contributed by atoms with E-state index in [0.717, 1.165) is 12.1 Å². The van der Waals surface area contributed by atoms with Crippen LogP contribution >= 0.6 is 0 Å². The number of aromatic nitrogens is 2. The van der Waals surface area contributed by atoms with E-state index in [1.165, 1.54) is 0 Å². The van der Waals surface area contributed by atoms with Gasteiger partial charge in [-0.05, 0) is 31.7 Å². The number of aliphatic carboxylic acids is 1. The van der Waals surface area contributed by atoms with Crippen molar-refractivity contribution < 1.29 is 14.7 Å². The van der Waals surface area contributed by atoms with Crippen molar-refractivity contribution in [3.05, 3.63) is 18.0 Å². The predicted molar refractivity (Wildman–Crippen MR) is 73.0 cm³/mol. The first-order valence-corrected chi connectivity index (χ1v) is 7.05. The van der Waals surface area contributed by atoms with Crippen molar-refractivity contribution in [1.29, 1.82) is 0 Å². The summed E-state index contributed by atoms with van der Waals surface area (Å²) in [5.41, 5.74) is 0.961. The first kappa shape index (κ1) is 14.6. The van der Waals surface area contributed by atoms with Gasteiger partial charge in [0.05, 0.1) is 11.6 Å². The van der Waals surface area contributed by atoms with E-state index in [4.69, 9.17) is 5.11 Å². The molecule has 0 bridgehead atoms. The highest BCUT2D eigenvalue weighted by molar-refractivity contribution is 5.79. The molecule has 1 aromatic rings. The Morgan fingerprint density at radius 2 is 2.00 bits per heavy atom. The third-order valence-corrected chi connectivity index (χ3v) is 3.90. The molecule has 0 radical (unpaired) electrons. The van der Waals surface area contributed by atoms with E-state index in [1.807, 2.05) is 19.3 Å². The minimum absolute atomic E-state index is 0.0330. The molecular weight excluding hydrogens is 258 g/mol. The summed E-state index contributed by atoms with van der Waals surface area (Å²) < 4.78 is 1.74. The Hall–Kier alpha value is -1.85. The molecule has 2 rings (SSSR count). The van der Waals surface area contributed by atoms with Crippen LogP contribution in [0.3, 0.4) is 0 Å². The van der Waals surface area contributed by atoms with E-state index >= 15 is 0 Å². The molecule has 1 fully saturated rings. The fraction of sp³-hybridized carbons (Fsp3) is 0.643. The van der Waals surface area contributed by atoms with Crippen LogP contribution in [0.25, 0.3) is 0 Å². The van der Waals surface area contributed by atoms with Crippen LogP contribution in [0.4, 0.5) is 0 Å². The Morgan fingerprint density at radius 3 is 2.55 bits per heavy atom. The lowest BCUT2D eigenvalue weighted by Gasteiger charge is -2.25. The molecule has 1 heterocycles. The molecule has 6 heteroatoms. The van der Waals surface area contributed by atoms with E-state index in [9.17, 15) is 9.59 Å². The molecule has 1 amide bonds. The number of hydrogen-bond donors (Lipinski definition) is 2. The molecule has 1 aromatic heterocycles. The van der Waals surface area contributed by atoms with Gasteiger partial charge in [0.15, 0.2) is 0 Å². The zero-order valence-corrected chi connectivity index (χ0v) is 11.7. The lowest BCUT2D eigenvalue weighted by molar-refractivity contribution is -0.144. The minimum Gasteiger partial charge on any atom is -0.481 e. The number of carbonyl (C=O) groups excluding carboxylic acids is 1. The number of hydrogen-bond acceptors (Lipinski definition) is 3. The van der Waals surface area contributed by atoms with E-state index < -0.39 is 5.97 Å². The van der Waals surface area contributed by atoms with Gasteiger partial charge in [0.2, 0.25) is 5.91 Å². The number of aryl methyl sites for hydroxylation is 1. The van der Waals surface area contributed by atoms with Crippen molar-refractivity contribution in [2.45, 2.75) is 32.1 Å². The number of nitrogens with zero attached hydrogens (tertiary/aromatic N) is 2. The van der Waals surface area contributed by atoms with E-state index in [0.29, 0.717) is 32.2 Å². The van der Waals surface area contributed by atoms with Crippen molar-refractivity contribution in [2.75, 3.05) is 6.54 Å². The van der Waals surface area contributed by atoms with E-state index in [2.05, 4.69) is 10.4 Å². The highest BCUT2D eigenvalue weighted by Crippen LogP contribution is 2.28. The molecule has 1 aliphatic carbocycles. The van der Waals surface area contributed by atoms with Gasteiger partial charge in [0.1, 0.15) is 0 Å². The number of rotatable bonds is 5. The third-order valence-electron chi connectivity index (χ3n) is 3.90. The van der Waals surface area contributed by atoms with Crippen molar-refractivity contribution in [2.24, 2.45) is 18.9 Å². The Bertz CT molecular complexity index is 476. The second-order valence-corrected chi connectivity index (χ2v) is 5.41. The van der Waals surface area contributed by atoms with Gasteiger partial charge in [-0.25, -0.2) is 0 Å². The summed E-state index contributed by atoms with van der Waals surface area (Å²) in [4.78, 5) is 22.8. The molecule has 0 saturated heterocycles. The molecule has 1 aliphatic rings. The molecule has 110 valence electrons. The number of carbonyl (C=O) groups is 2. The highest BCUT2D eigenvalue weighted by atomic mass is 16.4. The molecule has 0 aliphatic heterocycles. The summed E-state index contributed by atoms with van der Waals surface area (Å²) in [6.07, 6.45) is 5.15. The summed E-state index contributed by atoms with van der Waals surface area (Å²) in [6, 6.07) is 1.93. The van der Waals surface area contributed by atoms with E-state index in [1.54, 1.807) is 4.68 Å². The maximum Gasteiger partial charge on any atom is 0.306 e. The second-order valence-electron chi connectivity index (χ2n) is 5.41. The molecule has 0 spiro atoms. The van der Waals surface area contributed by atoms with Gasteiger partial charge in [0, 0.05) is 32.1 Å². The van der Waals surface area contributed by atoms with Crippen LogP contribution in [0, 0.1) is 11.8 Å². The topological polar surface area (TPSA) is 84.2 Å². The molecule has 20 heavy (non-hydrogen) atoms. The van der Waals surface area contributed by atoms with Crippen LogP contribution in [0.15, 0.2) is 12.3 Å². The fourth-order valence-corrected chi connectivity index (χ4v) is 2.66. The summed E-state index contributed by atoms with van der Waals surface area (Å²) in [5, 5.41) is 16.1. The molecule has 6 nitrogen and oxygen atoms in total. The third kappa shape index (κ3) is 3.82. The smallest absolute Gasteiger partial charge is 0.306 e. The van der Waals surface area contributed by atoms with Crippen molar-refractivity contribution >= 4 is 11.9 Å². The Morgan fingerprint density at radius 1 is 1.35 bits per heavy atom. The number of carboxylic acids is 1. The highest BCUT2D eigenvalue weighted by Gasteiger charge is 2.29. The molecule has 1 saturated carbocycles. The standard InChI is InChI=1S/C14H21N3O3/c1-17-9-7-12(16-17)6-8-15-13(18)10-2-4-11(5-3-10)14(19)20/h7,9-11H,2-6,8H2,1H3,(H,15,18)(H,19,20). The summed E-state index contributed by atoms with van der Waals surface area (Å²) in [7, 11) is 1.86. The van der Waals surface area contributed by atoms with Gasteiger partial charge >= 0.3 is 5.97 Å². The van der Waals surface area contributed by atoms with Gasteiger partial charge in [-0.2, -0.15) is 5.10 Å². The average Bonchev–Trinajstić information content (AvgIpc) is 2.84. The maximum atomic E-state index is 12.0. The van der Waals surface area contributed by atoms with Crippen LogP contribution in [0.5, 0.6) is 0 Å². The Labute approximate surface area is 118 Å². The van der Waals surface area contributed by atoms with Gasteiger partial charge < -0.3 is 10.4 Å². The van der Waals surface area contributed by atoms with Crippen molar-refractivity contribution in [3.8, 4) is 0 Å². The van der Waals surface area contributed by atoms with Gasteiger partial charge in [-0.15, -0.1) is 0 Å². The summed E-state index contributed by atoms with van der Waals surface area (Å²) in [6.45, 7) is 0.578. The largest absolute Gasteiger partial charge is 0.481 e. The van der Waals surface area contributed by atoms with Gasteiger partial charge in [-0.3, -0.25) is 14.3 Å². The van der Waals surface area contributed by atoms with E-state index in [-0.39, 0.29) is 17.7 Å². The predicted octanol–water partition coefficient (Wildman–Crippen LogP) is 0.970. The SMILES string of the molecule is Cn1ccc(CCNC(=O)C2CCC(C(=O)O)CC2)n1. The first-order chi connectivity index (χ1) is 9.56. The molecule has 0 unspecified atom stereocenters. The normalized spacial score (nSPS) is 22.4. The Kier molecular flexibility index (Phi) is 4.76. The van der Waals surface area contributed by atoms with Crippen molar-refractivity contribution in [3.63, 3.8) is 0 Å². The van der Waals surface area contributed by atoms with Crippen LogP contribution in [-0.2, 0) is 23.1 Å². The zero-order chi connectivity index (χ0) is 14.5. The van der Waals surface area contributed by atoms with Crippen LogP contribution < -0.4 is 5.32 Å². The molecule has 2 N–H and O–H groups in total. The monoisotopic (exact) mass is 279 g/mol. The molecule has 0 aromatic carbocycles. The quantitative estimate of drug-likeness (QED) is 0.841. The first-order valence-electron chi connectivity index (χ1n) is 7.05. The van der Waals surface area contributed by atoms with Crippen LogP contribution in [0.2, 0.25) is 0 Å².